The van der Waals surface area contributed by atoms with Gasteiger partial charge in [-0.05, 0) is 54.1 Å². The van der Waals surface area contributed by atoms with E-state index in [0.29, 0.717) is 27.7 Å². The van der Waals surface area contributed by atoms with Gasteiger partial charge in [0.15, 0.2) is 18.1 Å². The number of amides is 2. The summed E-state index contributed by atoms with van der Waals surface area (Å²) in [6.45, 7) is -0.352. The Bertz CT molecular complexity index is 1350. The number of hydrogen-bond acceptors (Lipinski definition) is 6. The van der Waals surface area contributed by atoms with E-state index in [0.717, 1.165) is 0 Å². The Morgan fingerprint density at radius 1 is 0.972 bits per heavy atom. The zero-order valence-corrected chi connectivity index (χ0v) is 20.8. The fourth-order valence-corrected chi connectivity index (χ4v) is 3.58. The molecule has 0 saturated heterocycles. The first-order valence-corrected chi connectivity index (χ1v) is 11.2. The quantitative estimate of drug-likeness (QED) is 0.279. The minimum atomic E-state index is -0.622. The maximum atomic E-state index is 12.6. The van der Waals surface area contributed by atoms with Crippen molar-refractivity contribution in [2.75, 3.05) is 31.5 Å². The topological polar surface area (TPSA) is 110 Å². The summed E-state index contributed by atoms with van der Waals surface area (Å²) < 4.78 is 16.2. The van der Waals surface area contributed by atoms with E-state index >= 15 is 0 Å². The van der Waals surface area contributed by atoms with Crippen LogP contribution in [0.4, 0.5) is 11.4 Å². The van der Waals surface area contributed by atoms with E-state index in [1.54, 1.807) is 48.5 Å². The van der Waals surface area contributed by atoms with E-state index in [4.69, 9.17) is 37.4 Å². The smallest absolute Gasteiger partial charge is 0.266 e. The first-order valence-electron chi connectivity index (χ1n) is 10.5. The number of rotatable bonds is 9. The van der Waals surface area contributed by atoms with Gasteiger partial charge in [-0.25, -0.2) is 0 Å². The van der Waals surface area contributed by atoms with Crippen LogP contribution in [-0.2, 0) is 9.59 Å². The molecule has 0 aliphatic rings. The Morgan fingerprint density at radius 3 is 2.42 bits per heavy atom. The highest BCUT2D eigenvalue weighted by Crippen LogP contribution is 2.37. The van der Waals surface area contributed by atoms with Crippen LogP contribution in [0.25, 0.3) is 6.08 Å². The summed E-state index contributed by atoms with van der Waals surface area (Å²) in [6.07, 6.45) is 1.35. The van der Waals surface area contributed by atoms with Crippen molar-refractivity contribution in [1.29, 1.82) is 5.26 Å². The number of nitrogens with zero attached hydrogens (tertiary/aromatic N) is 1. The van der Waals surface area contributed by atoms with Crippen LogP contribution in [0.3, 0.4) is 0 Å². The third-order valence-corrected chi connectivity index (χ3v) is 5.25. The van der Waals surface area contributed by atoms with Crippen LogP contribution in [0.1, 0.15) is 5.56 Å². The van der Waals surface area contributed by atoms with Crippen LogP contribution in [0, 0.1) is 11.3 Å². The van der Waals surface area contributed by atoms with Gasteiger partial charge in [0.05, 0.1) is 24.9 Å². The van der Waals surface area contributed by atoms with Crippen LogP contribution >= 0.6 is 23.2 Å². The molecule has 0 unspecified atom stereocenters. The highest BCUT2D eigenvalue weighted by Gasteiger charge is 2.16. The van der Waals surface area contributed by atoms with Crippen LogP contribution in [0.2, 0.25) is 10.0 Å². The molecular formula is C26H21Cl2N3O5. The molecule has 0 saturated carbocycles. The molecule has 0 heterocycles. The second-order valence-electron chi connectivity index (χ2n) is 7.21. The number of nitriles is 1. The van der Waals surface area contributed by atoms with Crippen molar-refractivity contribution in [3.63, 3.8) is 0 Å². The second-order valence-corrected chi connectivity index (χ2v) is 8.05. The third kappa shape index (κ3) is 6.92. The van der Waals surface area contributed by atoms with E-state index in [9.17, 15) is 14.9 Å². The molecule has 3 rings (SSSR count). The van der Waals surface area contributed by atoms with Crippen molar-refractivity contribution in [2.45, 2.75) is 0 Å². The molecule has 36 heavy (non-hydrogen) atoms. The van der Waals surface area contributed by atoms with Gasteiger partial charge < -0.3 is 24.8 Å². The average molecular weight is 526 g/mol. The maximum Gasteiger partial charge on any atom is 0.266 e. The van der Waals surface area contributed by atoms with Gasteiger partial charge in [-0.15, -0.1) is 0 Å². The monoisotopic (exact) mass is 525 g/mol. The first kappa shape index (κ1) is 26.4. The van der Waals surface area contributed by atoms with Gasteiger partial charge in [-0.2, -0.15) is 5.26 Å². The normalized spacial score (nSPS) is 10.7. The lowest BCUT2D eigenvalue weighted by atomic mass is 10.1. The van der Waals surface area contributed by atoms with Crippen LogP contribution in [0.5, 0.6) is 17.2 Å². The highest BCUT2D eigenvalue weighted by molar-refractivity contribution is 6.32. The Hall–Kier alpha value is -4.19. The van der Waals surface area contributed by atoms with Gasteiger partial charge in [-0.1, -0.05) is 41.4 Å². The van der Waals surface area contributed by atoms with Gasteiger partial charge in [0.25, 0.3) is 11.8 Å². The predicted molar refractivity (Wildman–Crippen MR) is 139 cm³/mol. The summed E-state index contributed by atoms with van der Waals surface area (Å²) in [5.74, 6) is -0.209. The van der Waals surface area contributed by atoms with Crippen molar-refractivity contribution >= 4 is 52.5 Å². The number of para-hydroxylation sites is 2. The zero-order valence-electron chi connectivity index (χ0n) is 19.3. The minimum absolute atomic E-state index is 0.123. The lowest BCUT2D eigenvalue weighted by Crippen LogP contribution is -2.20. The van der Waals surface area contributed by atoms with Crippen molar-refractivity contribution in [1.82, 2.24) is 0 Å². The molecule has 2 N–H and O–H groups in total. The van der Waals surface area contributed by atoms with Gasteiger partial charge in [-0.3, -0.25) is 9.59 Å². The molecule has 0 aliphatic heterocycles. The van der Waals surface area contributed by atoms with Gasteiger partial charge >= 0.3 is 0 Å². The number of ether oxygens (including phenoxy) is 3. The number of methoxy groups -OCH3 is 2. The van der Waals surface area contributed by atoms with E-state index in [-0.39, 0.29) is 28.7 Å². The third-order valence-electron chi connectivity index (χ3n) is 4.74. The molecule has 3 aromatic rings. The number of benzene rings is 3. The van der Waals surface area contributed by atoms with E-state index in [2.05, 4.69) is 10.6 Å². The van der Waals surface area contributed by atoms with E-state index in [1.165, 1.54) is 32.4 Å². The molecule has 0 spiro atoms. The standard InChI is InChI=1S/C26H21Cl2N3O5/c1-34-22-9-4-3-8-21(22)31-24(32)15-36-25-20(28)11-16(12-23(25)35-2)10-17(14-29)26(33)30-19-7-5-6-18(27)13-19/h3-13H,15H2,1-2H3,(H,30,33)(H,31,32)/b17-10-. The summed E-state index contributed by atoms with van der Waals surface area (Å²) in [4.78, 5) is 24.9. The summed E-state index contributed by atoms with van der Waals surface area (Å²) in [5.41, 5.74) is 1.19. The number of halogens is 2. The van der Waals surface area contributed by atoms with Gasteiger partial charge in [0.1, 0.15) is 17.4 Å². The van der Waals surface area contributed by atoms with Gasteiger partial charge in [0.2, 0.25) is 0 Å². The predicted octanol–water partition coefficient (Wildman–Crippen LogP) is 5.57. The molecule has 0 aromatic heterocycles. The molecule has 10 heteroatoms. The SMILES string of the molecule is COc1ccccc1NC(=O)COc1c(Cl)cc(/C=C(/C#N)C(=O)Nc2cccc(Cl)c2)cc1OC. The average Bonchev–Trinajstić information content (AvgIpc) is 2.86. The Balaban J connectivity index is 1.74. The number of hydrogen-bond donors (Lipinski definition) is 2. The van der Waals surface area contributed by atoms with Crippen LogP contribution in [0.15, 0.2) is 66.2 Å². The van der Waals surface area contributed by atoms with Crippen molar-refractivity contribution in [3.8, 4) is 23.3 Å². The summed E-state index contributed by atoms with van der Waals surface area (Å²) in [7, 11) is 2.90. The molecule has 184 valence electrons. The Morgan fingerprint density at radius 2 is 1.72 bits per heavy atom. The molecule has 2 amide bonds. The fraction of sp³-hybridized carbons (Fsp3) is 0.115. The highest BCUT2D eigenvalue weighted by atomic mass is 35.5. The molecule has 0 atom stereocenters. The molecule has 0 aliphatic carbocycles. The molecule has 0 fully saturated rings. The Labute approximate surface area is 218 Å². The number of anilines is 2. The molecular weight excluding hydrogens is 505 g/mol. The fourth-order valence-electron chi connectivity index (χ4n) is 3.12. The largest absolute Gasteiger partial charge is 0.495 e. The van der Waals surface area contributed by atoms with Crippen molar-refractivity contribution in [2.24, 2.45) is 0 Å². The number of carbonyl (C=O) groups excluding carboxylic acids is 2. The first-order chi connectivity index (χ1) is 17.3. The van der Waals surface area contributed by atoms with Crippen LogP contribution < -0.4 is 24.8 Å². The summed E-state index contributed by atoms with van der Waals surface area (Å²) >= 11 is 12.3. The lowest BCUT2D eigenvalue weighted by Gasteiger charge is -2.14. The lowest BCUT2D eigenvalue weighted by molar-refractivity contribution is -0.118. The van der Waals surface area contributed by atoms with E-state index < -0.39 is 11.8 Å². The van der Waals surface area contributed by atoms with Crippen molar-refractivity contribution < 1.29 is 23.8 Å². The molecule has 3 aromatic carbocycles. The van der Waals surface area contributed by atoms with Crippen molar-refractivity contribution in [3.05, 3.63) is 81.8 Å². The summed E-state index contributed by atoms with van der Waals surface area (Å²) in [6, 6.07) is 18.4. The maximum absolute atomic E-state index is 12.6. The molecule has 8 nitrogen and oxygen atoms in total. The Kier molecular flexibility index (Phi) is 9.17. The second kappa shape index (κ2) is 12.5. The summed E-state index contributed by atoms with van der Waals surface area (Å²) in [5, 5.41) is 15.4. The molecule has 0 radical (unpaired) electrons. The molecule has 0 bridgehead atoms. The zero-order chi connectivity index (χ0) is 26.1. The number of nitrogens with one attached hydrogen (secondary N) is 2. The van der Waals surface area contributed by atoms with E-state index in [1.807, 2.05) is 6.07 Å². The minimum Gasteiger partial charge on any atom is -0.495 e. The van der Waals surface area contributed by atoms with Gasteiger partial charge in [0, 0.05) is 10.7 Å². The number of carbonyl (C=O) groups is 2. The van der Waals surface area contributed by atoms with Crippen LogP contribution in [-0.4, -0.2) is 32.6 Å².